The van der Waals surface area contributed by atoms with Gasteiger partial charge in [0.1, 0.15) is 0 Å². The molecule has 0 aromatic carbocycles. The van der Waals surface area contributed by atoms with Crippen LogP contribution in [0, 0.1) is 5.92 Å². The van der Waals surface area contributed by atoms with Crippen molar-refractivity contribution in [2.45, 2.75) is 17.8 Å². The van der Waals surface area contributed by atoms with Crippen molar-refractivity contribution in [3.8, 4) is 0 Å². The van der Waals surface area contributed by atoms with E-state index in [0.29, 0.717) is 24.1 Å². The number of aliphatic imine (C=N–C) groups is 1. The van der Waals surface area contributed by atoms with E-state index in [9.17, 15) is 18.0 Å². The molecule has 1 saturated heterocycles. The minimum atomic E-state index is -3.89. The second-order valence-electron chi connectivity index (χ2n) is 6.62. The van der Waals surface area contributed by atoms with Gasteiger partial charge in [-0.3, -0.25) is 14.5 Å². The molecule has 3 unspecified atom stereocenters. The van der Waals surface area contributed by atoms with Crippen molar-refractivity contribution in [3.05, 3.63) is 35.1 Å². The molecule has 11 heteroatoms. The number of Topliss-reactive ketones (excluding diaryl/α,β-unsaturated/α-hetero) is 1. The van der Waals surface area contributed by atoms with E-state index in [1.54, 1.807) is 12.2 Å². The fraction of sp³-hybridized carbons (Fsp3) is 0.438. The van der Waals surface area contributed by atoms with Crippen LogP contribution >= 0.6 is 11.6 Å². The zero-order valence-corrected chi connectivity index (χ0v) is 16.0. The first-order valence-electron chi connectivity index (χ1n) is 8.15. The first-order chi connectivity index (χ1) is 12.5. The number of hydrogen-bond acceptors (Lipinski definition) is 6. The third kappa shape index (κ3) is 4.23. The molecule has 1 amide bonds. The van der Waals surface area contributed by atoms with Crippen molar-refractivity contribution in [1.29, 1.82) is 0 Å². The number of allylic oxidation sites excluding steroid dienone is 1. The molecule has 3 rings (SSSR count). The van der Waals surface area contributed by atoms with E-state index in [1.165, 1.54) is 6.08 Å². The molecule has 1 fully saturated rings. The summed E-state index contributed by atoms with van der Waals surface area (Å²) in [5.41, 5.74) is 11.5. The van der Waals surface area contributed by atoms with Crippen LogP contribution in [0.1, 0.15) is 6.42 Å². The predicted octanol–water partition coefficient (Wildman–Crippen LogP) is -0.606. The molecule has 3 atom stereocenters. The summed E-state index contributed by atoms with van der Waals surface area (Å²) in [5.74, 6) is -1.75. The number of amides is 1. The predicted molar refractivity (Wildman–Crippen MR) is 99.1 cm³/mol. The normalized spacial score (nSPS) is 28.1. The summed E-state index contributed by atoms with van der Waals surface area (Å²) < 4.78 is 27.7. The third-order valence-electron chi connectivity index (χ3n) is 4.56. The van der Waals surface area contributed by atoms with E-state index in [0.717, 1.165) is 6.26 Å². The molecule has 0 aromatic heterocycles. The minimum Gasteiger partial charge on any atom is -0.379 e. The maximum atomic E-state index is 12.5. The summed E-state index contributed by atoms with van der Waals surface area (Å²) in [7, 11) is -3.89. The maximum absolute atomic E-state index is 12.5. The number of rotatable bonds is 3. The zero-order chi connectivity index (χ0) is 19.9. The Kier molecular flexibility index (Phi) is 5.15. The SMILES string of the molecule is CS(=O)(=O)OC1=CC(Cl)C2=CC(C(=O)N=C(N)N)=CC3CCN(CC1=O)C23. The van der Waals surface area contributed by atoms with E-state index in [1.807, 2.05) is 4.90 Å². The van der Waals surface area contributed by atoms with Crippen molar-refractivity contribution in [3.63, 3.8) is 0 Å². The number of ketones is 1. The Hall–Kier alpha value is -2.17. The fourth-order valence-electron chi connectivity index (χ4n) is 3.62. The Morgan fingerprint density at radius 1 is 1.37 bits per heavy atom. The lowest BCUT2D eigenvalue weighted by atomic mass is 9.83. The van der Waals surface area contributed by atoms with Crippen LogP contribution in [0.4, 0.5) is 0 Å². The highest BCUT2D eigenvalue weighted by molar-refractivity contribution is 7.86. The highest BCUT2D eigenvalue weighted by Gasteiger charge is 2.43. The van der Waals surface area contributed by atoms with Crippen LogP contribution in [0.25, 0.3) is 0 Å². The Morgan fingerprint density at radius 3 is 2.70 bits per heavy atom. The monoisotopic (exact) mass is 414 g/mol. The van der Waals surface area contributed by atoms with E-state index in [4.69, 9.17) is 27.3 Å². The number of carbonyl (C=O) groups is 2. The number of halogens is 1. The van der Waals surface area contributed by atoms with Gasteiger partial charge in [-0.05, 0) is 36.6 Å². The molecule has 146 valence electrons. The molecule has 0 radical (unpaired) electrons. The smallest absolute Gasteiger partial charge is 0.306 e. The Balaban J connectivity index is 2.03. The lowest BCUT2D eigenvalue weighted by molar-refractivity contribution is -0.119. The van der Waals surface area contributed by atoms with Gasteiger partial charge in [0.25, 0.3) is 5.91 Å². The molecule has 2 heterocycles. The van der Waals surface area contributed by atoms with Crippen molar-refractivity contribution in [1.82, 2.24) is 4.90 Å². The third-order valence-corrected chi connectivity index (χ3v) is 5.42. The first-order valence-corrected chi connectivity index (χ1v) is 10.4. The lowest BCUT2D eigenvalue weighted by Gasteiger charge is -2.34. The number of nitrogens with zero attached hydrogens (tertiary/aromatic N) is 2. The summed E-state index contributed by atoms with van der Waals surface area (Å²) in [4.78, 5) is 30.1. The summed E-state index contributed by atoms with van der Waals surface area (Å²) in [6.07, 6.45) is 6.20. The second-order valence-corrected chi connectivity index (χ2v) is 8.66. The molecule has 0 bridgehead atoms. The number of guanidine groups is 1. The molecule has 2 aliphatic heterocycles. The van der Waals surface area contributed by atoms with Gasteiger partial charge in [0, 0.05) is 11.6 Å². The number of nitrogens with two attached hydrogens (primary N) is 2. The van der Waals surface area contributed by atoms with E-state index in [-0.39, 0.29) is 30.2 Å². The minimum absolute atomic E-state index is 0.00547. The quantitative estimate of drug-likeness (QED) is 0.269. The number of carbonyl (C=O) groups excluding carboxylic acids is 2. The molecule has 1 aliphatic carbocycles. The Morgan fingerprint density at radius 2 is 2.07 bits per heavy atom. The van der Waals surface area contributed by atoms with Crippen molar-refractivity contribution >= 4 is 39.4 Å². The first kappa shape index (κ1) is 19.6. The molecular weight excluding hydrogens is 396 g/mol. The maximum Gasteiger partial charge on any atom is 0.306 e. The summed E-state index contributed by atoms with van der Waals surface area (Å²) >= 11 is 6.47. The molecule has 3 aliphatic rings. The van der Waals surface area contributed by atoms with E-state index in [2.05, 4.69) is 4.99 Å². The van der Waals surface area contributed by atoms with Gasteiger partial charge in [-0.2, -0.15) is 13.4 Å². The van der Waals surface area contributed by atoms with Crippen LogP contribution in [-0.4, -0.2) is 61.7 Å². The van der Waals surface area contributed by atoms with Crippen molar-refractivity contribution < 1.29 is 22.2 Å². The van der Waals surface area contributed by atoms with Gasteiger partial charge in [0.05, 0.1) is 18.2 Å². The highest BCUT2D eigenvalue weighted by atomic mass is 35.5. The van der Waals surface area contributed by atoms with Crippen LogP contribution in [0.15, 0.2) is 40.1 Å². The van der Waals surface area contributed by atoms with Gasteiger partial charge in [-0.25, -0.2) is 0 Å². The second kappa shape index (κ2) is 7.10. The van der Waals surface area contributed by atoms with Gasteiger partial charge >= 0.3 is 10.1 Å². The van der Waals surface area contributed by atoms with Gasteiger partial charge in [0.2, 0.25) is 5.78 Å². The molecule has 0 saturated carbocycles. The molecule has 9 nitrogen and oxygen atoms in total. The Bertz CT molecular complexity index is 917. The Labute approximate surface area is 161 Å². The summed E-state index contributed by atoms with van der Waals surface area (Å²) in [6, 6.07) is -0.164. The van der Waals surface area contributed by atoms with Gasteiger partial charge in [-0.1, -0.05) is 6.08 Å². The average Bonchev–Trinajstić information content (AvgIpc) is 2.93. The van der Waals surface area contributed by atoms with Gasteiger partial charge in [-0.15, -0.1) is 11.6 Å². The van der Waals surface area contributed by atoms with Crippen LogP contribution < -0.4 is 11.5 Å². The van der Waals surface area contributed by atoms with E-state index < -0.39 is 27.2 Å². The van der Waals surface area contributed by atoms with E-state index >= 15 is 0 Å². The molecule has 0 spiro atoms. The van der Waals surface area contributed by atoms with Crippen LogP contribution in [0.2, 0.25) is 0 Å². The molecular formula is C16H19ClN4O5S. The largest absolute Gasteiger partial charge is 0.379 e. The van der Waals surface area contributed by atoms with Crippen molar-refractivity contribution in [2.75, 3.05) is 19.3 Å². The highest BCUT2D eigenvalue weighted by Crippen LogP contribution is 2.40. The summed E-state index contributed by atoms with van der Waals surface area (Å²) in [6.45, 7) is 0.586. The van der Waals surface area contributed by atoms with Crippen LogP contribution in [0.5, 0.6) is 0 Å². The standard InChI is InChI=1S/C16H19ClN4O5S/c1-27(24,25)26-13-6-11(17)10-5-9(15(23)20-16(18)19)4-8-2-3-21(14(8)10)7-12(13)22/h4-6,8,11,14H,2-3,7H2,1H3,(H4,18,19,20,23). The topological polar surface area (TPSA) is 145 Å². The number of alkyl halides is 1. The van der Waals surface area contributed by atoms with Crippen LogP contribution in [-0.2, 0) is 23.9 Å². The average molecular weight is 415 g/mol. The van der Waals surface area contributed by atoms with Gasteiger partial charge in [0.15, 0.2) is 11.7 Å². The van der Waals surface area contributed by atoms with Crippen LogP contribution in [0.3, 0.4) is 0 Å². The van der Waals surface area contributed by atoms with Crippen molar-refractivity contribution in [2.24, 2.45) is 22.4 Å². The summed E-state index contributed by atoms with van der Waals surface area (Å²) in [5, 5.41) is -0.838. The molecule has 4 N–H and O–H groups in total. The fourth-order valence-corrected chi connectivity index (χ4v) is 4.40. The van der Waals surface area contributed by atoms with Gasteiger partial charge < -0.3 is 15.7 Å². The molecule has 27 heavy (non-hydrogen) atoms. The number of hydrogen-bond donors (Lipinski definition) is 2. The molecule has 0 aromatic rings. The zero-order valence-electron chi connectivity index (χ0n) is 14.5. The lowest BCUT2D eigenvalue weighted by Crippen LogP contribution is -2.43.